The van der Waals surface area contributed by atoms with Crippen molar-refractivity contribution in [3.8, 4) is 18.1 Å². The smallest absolute Gasteiger partial charge is 0.335 e. The average Bonchev–Trinajstić information content (AvgIpc) is 2.42. The molecule has 0 spiro atoms. The second-order valence-corrected chi connectivity index (χ2v) is 4.79. The van der Waals surface area contributed by atoms with E-state index >= 15 is 0 Å². The molecule has 0 heterocycles. The highest BCUT2D eigenvalue weighted by atomic mass is 32.2. The zero-order valence-electron chi connectivity index (χ0n) is 10.6. The minimum atomic E-state index is -0.950. The molecular formula is C14H17NO3S. The number of benzene rings is 1. The van der Waals surface area contributed by atoms with E-state index < -0.39 is 5.97 Å². The van der Waals surface area contributed by atoms with Crippen LogP contribution in [-0.2, 0) is 0 Å². The van der Waals surface area contributed by atoms with Gasteiger partial charge >= 0.3 is 5.97 Å². The van der Waals surface area contributed by atoms with Gasteiger partial charge in [-0.1, -0.05) is 12.0 Å². The Morgan fingerprint density at radius 3 is 3.05 bits per heavy atom. The topological polar surface area (TPSA) is 58.6 Å². The molecule has 0 unspecified atom stereocenters. The molecular weight excluding hydrogens is 262 g/mol. The number of aromatic carboxylic acids is 1. The molecule has 0 saturated heterocycles. The molecule has 0 saturated carbocycles. The van der Waals surface area contributed by atoms with Crippen LogP contribution in [0.4, 0.5) is 0 Å². The number of rotatable bonds is 9. The highest BCUT2D eigenvalue weighted by Crippen LogP contribution is 2.12. The molecule has 0 radical (unpaired) electrons. The Morgan fingerprint density at radius 2 is 2.32 bits per heavy atom. The van der Waals surface area contributed by atoms with Crippen LogP contribution in [0.5, 0.6) is 5.75 Å². The third kappa shape index (κ3) is 6.75. The van der Waals surface area contributed by atoms with Gasteiger partial charge in [0.15, 0.2) is 0 Å². The van der Waals surface area contributed by atoms with Crippen molar-refractivity contribution in [3.05, 3.63) is 29.8 Å². The molecule has 2 N–H and O–H groups in total. The van der Waals surface area contributed by atoms with E-state index in [2.05, 4.69) is 11.2 Å². The quantitative estimate of drug-likeness (QED) is 0.532. The first-order valence-corrected chi connectivity index (χ1v) is 7.07. The fraction of sp³-hybridized carbons (Fsp3) is 0.357. The van der Waals surface area contributed by atoms with Crippen LogP contribution in [0.15, 0.2) is 24.3 Å². The van der Waals surface area contributed by atoms with Crippen LogP contribution < -0.4 is 10.1 Å². The number of carbonyl (C=O) groups is 1. The van der Waals surface area contributed by atoms with Crippen LogP contribution in [0.2, 0.25) is 0 Å². The van der Waals surface area contributed by atoms with Crippen LogP contribution in [0.25, 0.3) is 0 Å². The van der Waals surface area contributed by atoms with Crippen LogP contribution >= 0.6 is 11.8 Å². The van der Waals surface area contributed by atoms with Gasteiger partial charge in [0.1, 0.15) is 12.4 Å². The van der Waals surface area contributed by atoms with E-state index in [0.717, 1.165) is 18.1 Å². The van der Waals surface area contributed by atoms with E-state index in [1.807, 2.05) is 0 Å². The number of hydrogen-bond donors (Lipinski definition) is 2. The van der Waals surface area contributed by atoms with Crippen LogP contribution in [0.1, 0.15) is 10.4 Å². The summed E-state index contributed by atoms with van der Waals surface area (Å²) < 4.78 is 5.46. The molecule has 0 fully saturated rings. The molecule has 19 heavy (non-hydrogen) atoms. The van der Waals surface area contributed by atoms with Crippen molar-refractivity contribution in [2.24, 2.45) is 0 Å². The summed E-state index contributed by atoms with van der Waals surface area (Å²) in [6.45, 7) is 2.10. The molecule has 0 aromatic heterocycles. The SMILES string of the molecule is C#CCSCCNCCOc1cccc(C(=O)O)c1. The van der Waals surface area contributed by atoms with Crippen LogP contribution in [0.3, 0.4) is 0 Å². The molecule has 4 nitrogen and oxygen atoms in total. The van der Waals surface area contributed by atoms with Crippen molar-refractivity contribution in [2.45, 2.75) is 0 Å². The predicted molar refractivity (Wildman–Crippen MR) is 77.9 cm³/mol. The number of carboxylic acid groups (broad SMARTS) is 1. The second kappa shape index (κ2) is 9.31. The number of terminal acetylenes is 1. The highest BCUT2D eigenvalue weighted by Gasteiger charge is 2.03. The Bertz CT molecular complexity index is 443. The molecule has 1 aromatic carbocycles. The van der Waals surface area contributed by atoms with Crippen molar-refractivity contribution in [2.75, 3.05) is 31.2 Å². The Kier molecular flexibility index (Phi) is 7.56. The molecule has 5 heteroatoms. The van der Waals surface area contributed by atoms with Gasteiger partial charge in [0.25, 0.3) is 0 Å². The summed E-state index contributed by atoms with van der Waals surface area (Å²) in [5, 5.41) is 12.1. The van der Waals surface area contributed by atoms with Crippen LogP contribution in [0, 0.1) is 12.3 Å². The molecule has 0 aliphatic heterocycles. The minimum Gasteiger partial charge on any atom is -0.492 e. The summed E-state index contributed by atoms with van der Waals surface area (Å²) in [5.41, 5.74) is 0.233. The van der Waals surface area contributed by atoms with Gasteiger partial charge in [0.05, 0.1) is 11.3 Å². The van der Waals surface area contributed by atoms with Gasteiger partial charge in [-0.05, 0) is 18.2 Å². The fourth-order valence-electron chi connectivity index (χ4n) is 1.36. The van der Waals surface area contributed by atoms with E-state index in [1.54, 1.807) is 23.9 Å². The van der Waals surface area contributed by atoms with Crippen LogP contribution in [-0.4, -0.2) is 42.3 Å². The van der Waals surface area contributed by atoms with Gasteiger partial charge in [-0.15, -0.1) is 18.2 Å². The van der Waals surface area contributed by atoms with E-state index in [4.69, 9.17) is 16.3 Å². The first-order chi connectivity index (χ1) is 9.24. The van der Waals surface area contributed by atoms with E-state index in [9.17, 15) is 4.79 Å². The number of carboxylic acids is 1. The number of hydrogen-bond acceptors (Lipinski definition) is 4. The summed E-state index contributed by atoms with van der Waals surface area (Å²) in [5.74, 6) is 3.90. The van der Waals surface area contributed by atoms with Crippen molar-refractivity contribution in [1.29, 1.82) is 0 Å². The minimum absolute atomic E-state index is 0.233. The third-order valence-electron chi connectivity index (χ3n) is 2.24. The lowest BCUT2D eigenvalue weighted by atomic mass is 10.2. The normalized spacial score (nSPS) is 9.84. The summed E-state index contributed by atoms with van der Waals surface area (Å²) in [6.07, 6.45) is 5.14. The molecule has 0 aliphatic rings. The van der Waals surface area contributed by atoms with Gasteiger partial charge in [0, 0.05) is 18.8 Å². The van der Waals surface area contributed by atoms with Gasteiger partial charge in [-0.2, -0.15) is 0 Å². The lowest BCUT2D eigenvalue weighted by Gasteiger charge is -2.07. The van der Waals surface area contributed by atoms with Gasteiger partial charge in [-0.25, -0.2) is 4.79 Å². The van der Waals surface area contributed by atoms with Gasteiger partial charge < -0.3 is 15.2 Å². The molecule has 0 amide bonds. The zero-order valence-corrected chi connectivity index (χ0v) is 11.4. The van der Waals surface area contributed by atoms with Crippen molar-refractivity contribution in [3.63, 3.8) is 0 Å². The molecule has 0 bridgehead atoms. The Hall–Kier alpha value is -1.64. The predicted octanol–water partition coefficient (Wildman–Crippen LogP) is 1.72. The van der Waals surface area contributed by atoms with E-state index in [-0.39, 0.29) is 5.56 Å². The summed E-state index contributed by atoms with van der Waals surface area (Å²) in [4.78, 5) is 10.8. The molecule has 102 valence electrons. The van der Waals surface area contributed by atoms with Crippen molar-refractivity contribution in [1.82, 2.24) is 5.32 Å². The number of thioether (sulfide) groups is 1. The molecule has 1 rings (SSSR count). The molecule has 0 atom stereocenters. The summed E-state index contributed by atoms with van der Waals surface area (Å²) >= 11 is 1.71. The summed E-state index contributed by atoms with van der Waals surface area (Å²) in [6, 6.07) is 6.47. The van der Waals surface area contributed by atoms with E-state index in [0.29, 0.717) is 18.9 Å². The Balaban J connectivity index is 2.14. The van der Waals surface area contributed by atoms with Crippen molar-refractivity contribution < 1.29 is 14.6 Å². The standard InChI is InChI=1S/C14H17NO3S/c1-2-9-19-10-7-15-6-8-18-13-5-3-4-12(11-13)14(16)17/h1,3-5,11,15H,6-10H2,(H,16,17). The molecule has 1 aromatic rings. The lowest BCUT2D eigenvalue weighted by molar-refractivity contribution is 0.0696. The maximum Gasteiger partial charge on any atom is 0.335 e. The van der Waals surface area contributed by atoms with Gasteiger partial charge in [-0.3, -0.25) is 0 Å². The lowest BCUT2D eigenvalue weighted by Crippen LogP contribution is -2.23. The fourth-order valence-corrected chi connectivity index (χ4v) is 1.91. The maximum absolute atomic E-state index is 10.8. The van der Waals surface area contributed by atoms with Crippen molar-refractivity contribution >= 4 is 17.7 Å². The average molecular weight is 279 g/mol. The monoisotopic (exact) mass is 279 g/mol. The first-order valence-electron chi connectivity index (χ1n) is 5.92. The largest absolute Gasteiger partial charge is 0.492 e. The Labute approximate surface area is 117 Å². The highest BCUT2D eigenvalue weighted by molar-refractivity contribution is 7.99. The first kappa shape index (κ1) is 15.4. The summed E-state index contributed by atoms with van der Waals surface area (Å²) in [7, 11) is 0. The second-order valence-electron chi connectivity index (χ2n) is 3.69. The zero-order chi connectivity index (χ0) is 13.9. The number of nitrogens with one attached hydrogen (secondary N) is 1. The third-order valence-corrected chi connectivity index (χ3v) is 3.10. The van der Waals surface area contributed by atoms with E-state index in [1.165, 1.54) is 12.1 Å². The van der Waals surface area contributed by atoms with Gasteiger partial charge in [0.2, 0.25) is 0 Å². The maximum atomic E-state index is 10.8. The number of ether oxygens (including phenoxy) is 1. The Morgan fingerprint density at radius 1 is 1.47 bits per heavy atom. The molecule has 0 aliphatic carbocycles.